The van der Waals surface area contributed by atoms with Crippen LogP contribution in [0.2, 0.25) is 5.02 Å². The van der Waals surface area contributed by atoms with Crippen molar-refractivity contribution in [2.24, 2.45) is 0 Å². The van der Waals surface area contributed by atoms with Crippen LogP contribution >= 0.6 is 27.5 Å². The Morgan fingerprint density at radius 2 is 2.29 bits per heavy atom. The second-order valence-electron chi connectivity index (χ2n) is 2.41. The van der Waals surface area contributed by atoms with Gasteiger partial charge in [0.2, 0.25) is 0 Å². The predicted molar refractivity (Wildman–Crippen MR) is 51.6 cm³/mol. The van der Waals surface area contributed by atoms with Gasteiger partial charge in [0.1, 0.15) is 11.8 Å². The Bertz CT molecular complexity index is 390. The topological polar surface area (TPSA) is 36.7 Å². The first-order valence-electron chi connectivity index (χ1n) is 3.53. The lowest BCUT2D eigenvalue weighted by molar-refractivity contribution is 0.145. The number of rotatable bonds is 2. The van der Waals surface area contributed by atoms with Gasteiger partial charge in [-0.05, 0) is 11.6 Å². The molecule has 1 aromatic rings. The van der Waals surface area contributed by atoms with E-state index in [1.807, 2.05) is 0 Å². The zero-order valence-electron chi connectivity index (χ0n) is 6.77. The monoisotopic (exact) mass is 280 g/mol. The largest absolute Gasteiger partial charge is 0.280 e. The fraction of sp³-hybridized carbons (Fsp3) is 0.250. The van der Waals surface area contributed by atoms with Crippen molar-refractivity contribution in [2.45, 2.75) is 11.8 Å². The smallest absolute Gasteiger partial charge is 0.234 e. The zero-order chi connectivity index (χ0) is 10.7. The van der Waals surface area contributed by atoms with E-state index in [4.69, 9.17) is 16.9 Å². The first-order chi connectivity index (χ1) is 6.60. The standard InChI is InChI=1S/C8H4BrClF2N2/c9-2-4-1-5(10)6(3-13)14-7(4)8(11)12/h1,8H,2H2. The Kier molecular flexibility index (Phi) is 3.78. The van der Waals surface area contributed by atoms with Crippen LogP contribution in [0.5, 0.6) is 0 Å². The summed E-state index contributed by atoms with van der Waals surface area (Å²) in [6.45, 7) is 0. The van der Waals surface area contributed by atoms with E-state index in [9.17, 15) is 8.78 Å². The summed E-state index contributed by atoms with van der Waals surface area (Å²) in [6.07, 6.45) is -2.70. The minimum Gasteiger partial charge on any atom is -0.234 e. The van der Waals surface area contributed by atoms with Gasteiger partial charge in [-0.2, -0.15) is 5.26 Å². The van der Waals surface area contributed by atoms with Gasteiger partial charge in [-0.3, -0.25) is 0 Å². The summed E-state index contributed by atoms with van der Waals surface area (Å²) in [6, 6.07) is 2.97. The van der Waals surface area contributed by atoms with Crippen LogP contribution in [-0.4, -0.2) is 4.98 Å². The molecule has 74 valence electrons. The maximum atomic E-state index is 12.4. The number of hydrogen-bond donors (Lipinski definition) is 0. The Hall–Kier alpha value is -0.730. The summed E-state index contributed by atoms with van der Waals surface area (Å²) in [5.41, 5.74) is -0.279. The molecule has 0 radical (unpaired) electrons. The van der Waals surface area contributed by atoms with E-state index in [2.05, 4.69) is 20.9 Å². The molecule has 0 aliphatic heterocycles. The van der Waals surface area contributed by atoms with Crippen molar-refractivity contribution in [1.29, 1.82) is 5.26 Å². The fourth-order valence-electron chi connectivity index (χ4n) is 0.915. The van der Waals surface area contributed by atoms with Crippen LogP contribution in [0.15, 0.2) is 6.07 Å². The fourth-order valence-corrected chi connectivity index (χ4v) is 1.58. The molecule has 0 aliphatic carbocycles. The molecule has 1 rings (SSSR count). The molecule has 6 heteroatoms. The van der Waals surface area contributed by atoms with Crippen molar-refractivity contribution >= 4 is 27.5 Å². The zero-order valence-corrected chi connectivity index (χ0v) is 9.11. The first kappa shape index (κ1) is 11.3. The van der Waals surface area contributed by atoms with Crippen molar-refractivity contribution in [3.05, 3.63) is 28.0 Å². The highest BCUT2D eigenvalue weighted by molar-refractivity contribution is 9.08. The average molecular weight is 281 g/mol. The van der Waals surface area contributed by atoms with Crippen LogP contribution in [0.3, 0.4) is 0 Å². The van der Waals surface area contributed by atoms with Crippen molar-refractivity contribution in [1.82, 2.24) is 4.98 Å². The number of aromatic nitrogens is 1. The molecule has 0 aromatic carbocycles. The molecule has 0 unspecified atom stereocenters. The van der Waals surface area contributed by atoms with Gasteiger partial charge in [0.15, 0.2) is 5.69 Å². The molecule has 0 saturated carbocycles. The van der Waals surface area contributed by atoms with Crippen LogP contribution in [0.1, 0.15) is 23.4 Å². The van der Waals surface area contributed by atoms with Gasteiger partial charge >= 0.3 is 0 Å². The van der Waals surface area contributed by atoms with Crippen LogP contribution < -0.4 is 0 Å². The van der Waals surface area contributed by atoms with E-state index in [1.165, 1.54) is 6.07 Å². The van der Waals surface area contributed by atoms with Crippen LogP contribution in [0.4, 0.5) is 8.78 Å². The highest BCUT2D eigenvalue weighted by atomic mass is 79.9. The summed E-state index contributed by atoms with van der Waals surface area (Å²) >= 11 is 8.68. The summed E-state index contributed by atoms with van der Waals surface area (Å²) < 4.78 is 24.9. The third kappa shape index (κ3) is 2.20. The third-order valence-corrected chi connectivity index (χ3v) is 2.44. The minimum atomic E-state index is -2.70. The highest BCUT2D eigenvalue weighted by Crippen LogP contribution is 2.26. The number of hydrogen-bond acceptors (Lipinski definition) is 2. The van der Waals surface area contributed by atoms with E-state index in [0.717, 1.165) is 0 Å². The SMILES string of the molecule is N#Cc1nc(C(F)F)c(CBr)cc1Cl. The van der Waals surface area contributed by atoms with E-state index in [-0.39, 0.29) is 16.0 Å². The van der Waals surface area contributed by atoms with Gasteiger partial charge in [0.25, 0.3) is 6.43 Å². The van der Waals surface area contributed by atoms with Gasteiger partial charge in [0.05, 0.1) is 5.02 Å². The normalized spacial score (nSPS) is 10.3. The molecule has 0 atom stereocenters. The Morgan fingerprint density at radius 3 is 2.71 bits per heavy atom. The second-order valence-corrected chi connectivity index (χ2v) is 3.38. The second kappa shape index (κ2) is 4.67. The van der Waals surface area contributed by atoms with Crippen molar-refractivity contribution in [2.75, 3.05) is 0 Å². The lowest BCUT2D eigenvalue weighted by Gasteiger charge is -2.06. The molecule has 14 heavy (non-hydrogen) atoms. The molecular formula is C8H4BrClF2N2. The summed E-state index contributed by atoms with van der Waals surface area (Å²) in [5.74, 6) is 0. The van der Waals surface area contributed by atoms with Crippen LogP contribution in [0.25, 0.3) is 0 Å². The lowest BCUT2D eigenvalue weighted by Crippen LogP contribution is -1.99. The van der Waals surface area contributed by atoms with Crippen molar-refractivity contribution in [3.63, 3.8) is 0 Å². The molecule has 0 aliphatic rings. The van der Waals surface area contributed by atoms with Crippen LogP contribution in [0, 0.1) is 11.3 Å². The first-order valence-corrected chi connectivity index (χ1v) is 5.03. The van der Waals surface area contributed by atoms with E-state index in [1.54, 1.807) is 6.07 Å². The molecule has 0 spiro atoms. The summed E-state index contributed by atoms with van der Waals surface area (Å²) in [4.78, 5) is 3.49. The van der Waals surface area contributed by atoms with Gasteiger partial charge in [-0.25, -0.2) is 13.8 Å². The number of alkyl halides is 3. The van der Waals surface area contributed by atoms with Crippen molar-refractivity contribution < 1.29 is 8.78 Å². The maximum absolute atomic E-state index is 12.4. The Morgan fingerprint density at radius 1 is 1.64 bits per heavy atom. The quantitative estimate of drug-likeness (QED) is 0.779. The molecule has 1 aromatic heterocycles. The summed E-state index contributed by atoms with van der Waals surface area (Å²) in [5, 5.41) is 8.85. The predicted octanol–water partition coefficient (Wildman–Crippen LogP) is 3.44. The van der Waals surface area contributed by atoms with E-state index in [0.29, 0.717) is 5.56 Å². The van der Waals surface area contributed by atoms with Gasteiger partial charge < -0.3 is 0 Å². The highest BCUT2D eigenvalue weighted by Gasteiger charge is 2.17. The van der Waals surface area contributed by atoms with Gasteiger partial charge in [0, 0.05) is 5.33 Å². The summed E-state index contributed by atoms with van der Waals surface area (Å²) in [7, 11) is 0. The molecule has 0 fully saturated rings. The molecule has 1 heterocycles. The molecular weight excluding hydrogens is 277 g/mol. The van der Waals surface area contributed by atoms with E-state index < -0.39 is 12.1 Å². The van der Waals surface area contributed by atoms with Gasteiger partial charge in [-0.1, -0.05) is 27.5 Å². The molecule has 0 N–H and O–H groups in total. The molecule has 2 nitrogen and oxygen atoms in total. The van der Waals surface area contributed by atoms with Crippen LogP contribution in [-0.2, 0) is 5.33 Å². The molecule has 0 bridgehead atoms. The number of pyridine rings is 1. The molecule has 0 amide bonds. The number of halogens is 4. The third-order valence-electron chi connectivity index (χ3n) is 1.55. The number of nitriles is 1. The Labute approximate surface area is 92.6 Å². The lowest BCUT2D eigenvalue weighted by atomic mass is 10.2. The van der Waals surface area contributed by atoms with Crippen molar-refractivity contribution in [3.8, 4) is 6.07 Å². The Balaban J connectivity index is 3.34. The average Bonchev–Trinajstić information content (AvgIpc) is 2.16. The van der Waals surface area contributed by atoms with Gasteiger partial charge in [-0.15, -0.1) is 0 Å². The molecule has 0 saturated heterocycles. The van der Waals surface area contributed by atoms with E-state index >= 15 is 0 Å². The maximum Gasteiger partial charge on any atom is 0.280 e. The minimum absolute atomic E-state index is 0.0892. The number of nitrogens with zero attached hydrogens (tertiary/aromatic N) is 2.